The zero-order valence-corrected chi connectivity index (χ0v) is 17.5. The number of anilines is 1. The lowest BCUT2D eigenvalue weighted by atomic mass is 10.0. The van der Waals surface area contributed by atoms with Crippen molar-refractivity contribution in [2.24, 2.45) is 0 Å². The van der Waals surface area contributed by atoms with E-state index in [9.17, 15) is 14.0 Å². The molecule has 1 amide bonds. The van der Waals surface area contributed by atoms with Gasteiger partial charge in [-0.25, -0.2) is 9.18 Å². The lowest BCUT2D eigenvalue weighted by Gasteiger charge is -2.18. The minimum absolute atomic E-state index is 0.109. The van der Waals surface area contributed by atoms with E-state index in [0.29, 0.717) is 28.4 Å². The van der Waals surface area contributed by atoms with Crippen molar-refractivity contribution >= 4 is 35.2 Å². The maximum Gasteiger partial charge on any atom is 0.340 e. The Morgan fingerprint density at radius 2 is 1.77 bits per heavy atom. The Kier molecular flexibility index (Phi) is 6.12. The van der Waals surface area contributed by atoms with Crippen molar-refractivity contribution in [3.05, 3.63) is 69.6 Å². The Morgan fingerprint density at radius 3 is 2.37 bits per heavy atom. The number of halogens is 2. The number of methoxy groups -OCH3 is 3. The van der Waals surface area contributed by atoms with Gasteiger partial charge < -0.3 is 14.2 Å². The van der Waals surface area contributed by atoms with Gasteiger partial charge in [-0.05, 0) is 48.9 Å². The maximum absolute atomic E-state index is 13.6. The predicted molar refractivity (Wildman–Crippen MR) is 111 cm³/mol. The smallest absolute Gasteiger partial charge is 0.340 e. The van der Waals surface area contributed by atoms with Crippen LogP contribution in [-0.4, -0.2) is 33.2 Å². The van der Waals surface area contributed by atoms with Crippen LogP contribution in [-0.2, 0) is 14.3 Å². The third-order valence-corrected chi connectivity index (χ3v) is 4.96. The summed E-state index contributed by atoms with van der Waals surface area (Å²) in [6.45, 7) is 1.61. The second kappa shape index (κ2) is 8.59. The highest BCUT2D eigenvalue weighted by Crippen LogP contribution is 2.37. The number of ether oxygens (including phenoxy) is 3. The van der Waals surface area contributed by atoms with E-state index < -0.39 is 17.7 Å². The van der Waals surface area contributed by atoms with Crippen LogP contribution in [0.3, 0.4) is 0 Å². The summed E-state index contributed by atoms with van der Waals surface area (Å²) >= 11 is 5.88. The fourth-order valence-electron chi connectivity index (χ4n) is 3.22. The largest absolute Gasteiger partial charge is 0.493 e. The van der Waals surface area contributed by atoms with Crippen molar-refractivity contribution in [2.45, 2.75) is 6.92 Å². The van der Waals surface area contributed by atoms with Gasteiger partial charge in [0.1, 0.15) is 5.82 Å². The van der Waals surface area contributed by atoms with Gasteiger partial charge in [-0.2, -0.15) is 0 Å². The van der Waals surface area contributed by atoms with Gasteiger partial charge in [-0.15, -0.1) is 0 Å². The van der Waals surface area contributed by atoms with Crippen LogP contribution >= 0.6 is 11.6 Å². The standard InChI is InChI=1S/C22H19ClFNO5/c1-12-20(22(27)30-4)15(9-13-5-8-18(28-2)19(10-13)29-3)21(26)25(12)14-6-7-17(24)16(23)11-14/h5-11H,1-4H3/b15-9-. The number of rotatable bonds is 5. The number of carbonyl (C=O) groups excluding carboxylic acids is 2. The van der Waals surface area contributed by atoms with E-state index in [1.54, 1.807) is 31.2 Å². The number of allylic oxidation sites excluding steroid dienone is 1. The normalized spacial score (nSPS) is 15.1. The Balaban J connectivity index is 2.14. The molecule has 0 unspecified atom stereocenters. The Labute approximate surface area is 178 Å². The molecule has 1 aliphatic heterocycles. The summed E-state index contributed by atoms with van der Waals surface area (Å²) in [6.07, 6.45) is 1.56. The molecule has 1 heterocycles. The van der Waals surface area contributed by atoms with E-state index >= 15 is 0 Å². The topological polar surface area (TPSA) is 65.1 Å². The van der Waals surface area contributed by atoms with Gasteiger partial charge in [-0.3, -0.25) is 9.69 Å². The minimum atomic E-state index is -0.664. The van der Waals surface area contributed by atoms with Gasteiger partial charge in [0, 0.05) is 5.70 Å². The fraction of sp³-hybridized carbons (Fsp3) is 0.182. The molecule has 156 valence electrons. The molecule has 0 bridgehead atoms. The van der Waals surface area contributed by atoms with E-state index in [4.69, 9.17) is 25.8 Å². The molecule has 0 fully saturated rings. The van der Waals surface area contributed by atoms with Crippen molar-refractivity contribution < 1.29 is 28.2 Å². The summed E-state index contributed by atoms with van der Waals surface area (Å²) in [6, 6.07) is 9.00. The molecule has 30 heavy (non-hydrogen) atoms. The van der Waals surface area contributed by atoms with Gasteiger partial charge in [0.15, 0.2) is 11.5 Å². The molecule has 0 radical (unpaired) electrons. The van der Waals surface area contributed by atoms with Crippen LogP contribution in [0.2, 0.25) is 5.02 Å². The van der Waals surface area contributed by atoms with Crippen molar-refractivity contribution in [1.29, 1.82) is 0 Å². The lowest BCUT2D eigenvalue weighted by molar-refractivity contribution is -0.136. The molecule has 0 saturated carbocycles. The number of benzene rings is 2. The first kappa shape index (κ1) is 21.4. The van der Waals surface area contributed by atoms with Crippen molar-refractivity contribution in [3.63, 3.8) is 0 Å². The fourth-order valence-corrected chi connectivity index (χ4v) is 3.40. The highest BCUT2D eigenvalue weighted by molar-refractivity contribution is 6.31. The molecule has 2 aromatic carbocycles. The predicted octanol–water partition coefficient (Wildman–Crippen LogP) is 4.37. The highest BCUT2D eigenvalue weighted by Gasteiger charge is 2.38. The summed E-state index contributed by atoms with van der Waals surface area (Å²) in [5.41, 5.74) is 1.54. The molecule has 0 aliphatic carbocycles. The number of carbonyl (C=O) groups is 2. The average Bonchev–Trinajstić information content (AvgIpc) is 2.99. The van der Waals surface area contributed by atoms with Crippen LogP contribution < -0.4 is 14.4 Å². The quantitative estimate of drug-likeness (QED) is 0.519. The Bertz CT molecular complexity index is 1090. The summed E-state index contributed by atoms with van der Waals surface area (Å²) in [5.74, 6) is -0.740. The second-order valence-corrected chi connectivity index (χ2v) is 6.77. The molecule has 1 aliphatic rings. The van der Waals surface area contributed by atoms with Gasteiger partial charge >= 0.3 is 5.97 Å². The number of esters is 1. The van der Waals surface area contributed by atoms with Gasteiger partial charge in [0.05, 0.1) is 43.2 Å². The van der Waals surface area contributed by atoms with Gasteiger partial charge in [-0.1, -0.05) is 17.7 Å². The molecule has 3 rings (SSSR count). The highest BCUT2D eigenvalue weighted by atomic mass is 35.5. The monoisotopic (exact) mass is 431 g/mol. The van der Waals surface area contributed by atoms with Crippen LogP contribution in [0.1, 0.15) is 12.5 Å². The molecular formula is C22H19ClFNO5. The molecule has 2 aromatic rings. The summed E-state index contributed by atoms with van der Waals surface area (Å²) in [4.78, 5) is 27.0. The molecule has 0 atom stereocenters. The summed E-state index contributed by atoms with van der Waals surface area (Å²) < 4.78 is 29.0. The van der Waals surface area contributed by atoms with Crippen molar-refractivity contribution in [3.8, 4) is 11.5 Å². The number of hydrogen-bond donors (Lipinski definition) is 0. The molecule has 8 heteroatoms. The molecule has 0 spiro atoms. The van der Waals surface area contributed by atoms with Crippen molar-refractivity contribution in [1.82, 2.24) is 0 Å². The SMILES string of the molecule is COC(=O)C1=C(C)N(c2ccc(F)c(Cl)c2)C(=O)/C1=C\c1ccc(OC)c(OC)c1. The molecular weight excluding hydrogens is 413 g/mol. The maximum atomic E-state index is 13.6. The number of nitrogens with zero attached hydrogens (tertiary/aromatic N) is 1. The third-order valence-electron chi connectivity index (χ3n) is 4.67. The Hall–Kier alpha value is -3.32. The van der Waals surface area contributed by atoms with Crippen LogP contribution in [0, 0.1) is 5.82 Å². The van der Waals surface area contributed by atoms with E-state index in [-0.39, 0.29) is 16.2 Å². The van der Waals surface area contributed by atoms with E-state index in [1.165, 1.54) is 38.4 Å². The van der Waals surface area contributed by atoms with Crippen LogP contribution in [0.4, 0.5) is 10.1 Å². The van der Waals surface area contributed by atoms with E-state index in [0.717, 1.165) is 6.07 Å². The average molecular weight is 432 g/mol. The molecule has 0 saturated heterocycles. The van der Waals surface area contributed by atoms with Crippen molar-refractivity contribution in [2.75, 3.05) is 26.2 Å². The van der Waals surface area contributed by atoms with Crippen LogP contribution in [0.25, 0.3) is 6.08 Å². The lowest BCUT2D eigenvalue weighted by Crippen LogP contribution is -2.24. The first-order chi connectivity index (χ1) is 14.3. The Morgan fingerprint density at radius 1 is 1.07 bits per heavy atom. The van der Waals surface area contributed by atoms with E-state index in [1.807, 2.05) is 0 Å². The number of hydrogen-bond acceptors (Lipinski definition) is 5. The van der Waals surface area contributed by atoms with E-state index in [2.05, 4.69) is 0 Å². The third kappa shape index (κ3) is 3.76. The molecule has 0 N–H and O–H groups in total. The first-order valence-corrected chi connectivity index (χ1v) is 9.23. The molecule has 0 aromatic heterocycles. The first-order valence-electron chi connectivity index (χ1n) is 8.85. The summed E-state index contributed by atoms with van der Waals surface area (Å²) in [5, 5.41) is -0.134. The van der Waals surface area contributed by atoms with Gasteiger partial charge in [0.25, 0.3) is 5.91 Å². The zero-order chi connectivity index (χ0) is 22.0. The zero-order valence-electron chi connectivity index (χ0n) is 16.8. The van der Waals surface area contributed by atoms with Crippen LogP contribution in [0.15, 0.2) is 53.2 Å². The summed E-state index contributed by atoms with van der Waals surface area (Å²) in [7, 11) is 4.25. The molecule has 6 nitrogen and oxygen atoms in total. The second-order valence-electron chi connectivity index (χ2n) is 6.36. The number of amides is 1. The van der Waals surface area contributed by atoms with Gasteiger partial charge in [0.2, 0.25) is 0 Å². The minimum Gasteiger partial charge on any atom is -0.493 e. The van der Waals surface area contributed by atoms with Crippen LogP contribution in [0.5, 0.6) is 11.5 Å².